The van der Waals surface area contributed by atoms with Gasteiger partial charge < -0.3 is 14.8 Å². The summed E-state index contributed by atoms with van der Waals surface area (Å²) in [6.45, 7) is 7.65. The minimum Gasteiger partial charge on any atom is -0.497 e. The van der Waals surface area contributed by atoms with E-state index in [0.717, 1.165) is 29.8 Å². The lowest BCUT2D eigenvalue weighted by atomic mass is 9.97. The molecule has 0 saturated carbocycles. The van der Waals surface area contributed by atoms with E-state index >= 15 is 0 Å². The summed E-state index contributed by atoms with van der Waals surface area (Å²) < 4.78 is 10.8. The maximum Gasteiger partial charge on any atom is 0.321 e. The van der Waals surface area contributed by atoms with E-state index in [1.165, 1.54) is 0 Å². The predicted octanol–water partition coefficient (Wildman–Crippen LogP) is 3.21. The Bertz CT molecular complexity index is 550. The van der Waals surface area contributed by atoms with Crippen LogP contribution in [-0.2, 0) is 6.42 Å². The number of fused-ring (bicyclic) bond motifs is 1. The normalized spacial score (nSPS) is 14.3. The highest BCUT2D eigenvalue weighted by atomic mass is 16.5. The van der Waals surface area contributed by atoms with Crippen LogP contribution in [0.1, 0.15) is 32.8 Å². The zero-order chi connectivity index (χ0) is 16.3. The second kappa shape index (κ2) is 6.46. The highest BCUT2D eigenvalue weighted by Gasteiger charge is 2.26. The van der Waals surface area contributed by atoms with Gasteiger partial charge >= 0.3 is 6.03 Å². The summed E-state index contributed by atoms with van der Waals surface area (Å²) in [6.07, 6.45) is 1.84. The van der Waals surface area contributed by atoms with Crippen LogP contribution in [-0.4, -0.2) is 33.3 Å². The average molecular weight is 306 g/mol. The molecular formula is C17H26N2O3. The Morgan fingerprint density at radius 1 is 1.27 bits per heavy atom. The number of urea groups is 1. The number of nitrogens with zero attached hydrogens (tertiary/aromatic N) is 1. The standard InChI is InChI=1S/C17H26N2O3/c1-17(2,3)11-18-16(20)19-8-6-7-13-14(19)9-12(21-4)10-15(13)22-5/h9-10H,6-8,11H2,1-5H3,(H,18,20). The summed E-state index contributed by atoms with van der Waals surface area (Å²) in [5, 5.41) is 3.01. The molecule has 122 valence electrons. The summed E-state index contributed by atoms with van der Waals surface area (Å²) in [5.41, 5.74) is 2.01. The number of hydrogen-bond acceptors (Lipinski definition) is 3. The number of anilines is 1. The van der Waals surface area contributed by atoms with Gasteiger partial charge in [-0.2, -0.15) is 0 Å². The Labute approximate surface area is 132 Å². The Balaban J connectivity index is 2.29. The molecule has 2 amide bonds. The molecular weight excluding hydrogens is 280 g/mol. The molecule has 0 aromatic heterocycles. The second-order valence-electron chi connectivity index (χ2n) is 6.80. The van der Waals surface area contributed by atoms with E-state index in [2.05, 4.69) is 26.1 Å². The van der Waals surface area contributed by atoms with Gasteiger partial charge in [0.1, 0.15) is 11.5 Å². The first-order chi connectivity index (χ1) is 10.4. The van der Waals surface area contributed by atoms with Crippen molar-refractivity contribution < 1.29 is 14.3 Å². The van der Waals surface area contributed by atoms with Crippen molar-refractivity contribution in [3.05, 3.63) is 17.7 Å². The number of hydrogen-bond donors (Lipinski definition) is 1. The summed E-state index contributed by atoms with van der Waals surface area (Å²) >= 11 is 0. The van der Waals surface area contributed by atoms with Crippen LogP contribution in [0.3, 0.4) is 0 Å². The smallest absolute Gasteiger partial charge is 0.321 e. The van der Waals surface area contributed by atoms with Gasteiger partial charge in [0.25, 0.3) is 0 Å². The largest absolute Gasteiger partial charge is 0.497 e. The molecule has 22 heavy (non-hydrogen) atoms. The number of amides is 2. The van der Waals surface area contributed by atoms with E-state index in [-0.39, 0.29) is 11.4 Å². The van der Waals surface area contributed by atoms with Crippen LogP contribution in [0.15, 0.2) is 12.1 Å². The summed E-state index contributed by atoms with van der Waals surface area (Å²) in [5.74, 6) is 1.48. The van der Waals surface area contributed by atoms with Crippen molar-refractivity contribution in [1.29, 1.82) is 0 Å². The molecule has 0 saturated heterocycles. The highest BCUT2D eigenvalue weighted by molar-refractivity contribution is 5.94. The number of rotatable bonds is 3. The van der Waals surface area contributed by atoms with Crippen LogP contribution < -0.4 is 19.7 Å². The fraction of sp³-hybridized carbons (Fsp3) is 0.588. The second-order valence-corrected chi connectivity index (χ2v) is 6.80. The van der Waals surface area contributed by atoms with Gasteiger partial charge in [-0.15, -0.1) is 0 Å². The van der Waals surface area contributed by atoms with Crippen LogP contribution in [0.2, 0.25) is 0 Å². The van der Waals surface area contributed by atoms with Crippen LogP contribution in [0.25, 0.3) is 0 Å². The number of benzene rings is 1. The van der Waals surface area contributed by atoms with E-state index in [9.17, 15) is 4.79 Å². The first-order valence-corrected chi connectivity index (χ1v) is 7.66. The minimum atomic E-state index is -0.0637. The SMILES string of the molecule is COc1cc(OC)c2c(c1)N(C(=O)NCC(C)(C)C)CCC2. The first kappa shape index (κ1) is 16.5. The van der Waals surface area contributed by atoms with Gasteiger partial charge in [0.05, 0.1) is 19.9 Å². The molecule has 0 spiro atoms. The van der Waals surface area contributed by atoms with Gasteiger partial charge in [0.2, 0.25) is 0 Å². The third kappa shape index (κ3) is 3.64. The van der Waals surface area contributed by atoms with Crippen LogP contribution >= 0.6 is 0 Å². The van der Waals surface area contributed by atoms with Gasteiger partial charge in [-0.3, -0.25) is 4.90 Å². The first-order valence-electron chi connectivity index (χ1n) is 7.66. The van der Waals surface area contributed by atoms with Gasteiger partial charge in [-0.25, -0.2) is 4.79 Å². The zero-order valence-electron chi connectivity index (χ0n) is 14.2. The molecule has 1 aromatic carbocycles. The van der Waals surface area contributed by atoms with Crippen LogP contribution in [0, 0.1) is 5.41 Å². The summed E-state index contributed by atoms with van der Waals surface area (Å²) in [6, 6.07) is 3.72. The molecule has 5 nitrogen and oxygen atoms in total. The van der Waals surface area contributed by atoms with Crippen molar-refractivity contribution in [2.24, 2.45) is 5.41 Å². The lowest BCUT2D eigenvalue weighted by Crippen LogP contribution is -2.45. The van der Waals surface area contributed by atoms with E-state index in [0.29, 0.717) is 18.8 Å². The minimum absolute atomic E-state index is 0.0559. The number of methoxy groups -OCH3 is 2. The Hall–Kier alpha value is -1.91. The maximum atomic E-state index is 12.5. The molecule has 0 radical (unpaired) electrons. The molecule has 0 bridgehead atoms. The van der Waals surface area contributed by atoms with Crippen molar-refractivity contribution in [2.75, 3.05) is 32.2 Å². The van der Waals surface area contributed by atoms with Crippen LogP contribution in [0.5, 0.6) is 11.5 Å². The number of carbonyl (C=O) groups is 1. The number of carbonyl (C=O) groups excluding carboxylic acids is 1. The molecule has 1 aromatic rings. The van der Waals surface area contributed by atoms with Crippen molar-refractivity contribution in [1.82, 2.24) is 5.32 Å². The quantitative estimate of drug-likeness (QED) is 0.933. The Morgan fingerprint density at radius 3 is 2.59 bits per heavy atom. The molecule has 0 unspecified atom stereocenters. The topological polar surface area (TPSA) is 50.8 Å². The summed E-state index contributed by atoms with van der Waals surface area (Å²) in [7, 11) is 3.27. The van der Waals surface area contributed by atoms with E-state index < -0.39 is 0 Å². The number of nitrogens with one attached hydrogen (secondary N) is 1. The molecule has 1 N–H and O–H groups in total. The van der Waals surface area contributed by atoms with Crippen molar-refractivity contribution in [3.63, 3.8) is 0 Å². The zero-order valence-corrected chi connectivity index (χ0v) is 14.2. The molecule has 5 heteroatoms. The van der Waals surface area contributed by atoms with Gasteiger partial charge in [0.15, 0.2) is 0 Å². The molecule has 1 heterocycles. The third-order valence-corrected chi connectivity index (χ3v) is 3.73. The monoisotopic (exact) mass is 306 g/mol. The lowest BCUT2D eigenvalue weighted by molar-refractivity contribution is 0.240. The van der Waals surface area contributed by atoms with Gasteiger partial charge in [-0.05, 0) is 18.3 Å². The predicted molar refractivity (Wildman–Crippen MR) is 88.1 cm³/mol. The van der Waals surface area contributed by atoms with E-state index in [1.807, 2.05) is 12.1 Å². The lowest BCUT2D eigenvalue weighted by Gasteiger charge is -2.32. The third-order valence-electron chi connectivity index (χ3n) is 3.73. The fourth-order valence-electron chi connectivity index (χ4n) is 2.58. The van der Waals surface area contributed by atoms with Crippen LogP contribution in [0.4, 0.5) is 10.5 Å². The van der Waals surface area contributed by atoms with Crippen molar-refractivity contribution in [3.8, 4) is 11.5 Å². The number of ether oxygens (including phenoxy) is 2. The molecule has 0 atom stereocenters. The highest BCUT2D eigenvalue weighted by Crippen LogP contribution is 2.38. The van der Waals surface area contributed by atoms with Gasteiger partial charge in [-0.1, -0.05) is 20.8 Å². The van der Waals surface area contributed by atoms with Crippen molar-refractivity contribution in [2.45, 2.75) is 33.6 Å². The van der Waals surface area contributed by atoms with E-state index in [1.54, 1.807) is 19.1 Å². The average Bonchev–Trinajstić information content (AvgIpc) is 2.50. The Kier molecular flexibility index (Phi) is 4.84. The molecule has 0 aliphatic carbocycles. The Morgan fingerprint density at radius 2 is 2.00 bits per heavy atom. The summed E-state index contributed by atoms with van der Waals surface area (Å²) in [4.78, 5) is 14.3. The van der Waals surface area contributed by atoms with Crippen molar-refractivity contribution >= 4 is 11.7 Å². The van der Waals surface area contributed by atoms with E-state index in [4.69, 9.17) is 9.47 Å². The molecule has 1 aliphatic heterocycles. The molecule has 0 fully saturated rings. The molecule has 2 rings (SSSR count). The maximum absolute atomic E-state index is 12.5. The molecule has 1 aliphatic rings. The van der Waals surface area contributed by atoms with Gasteiger partial charge in [0, 0.05) is 30.8 Å². The fourth-order valence-corrected chi connectivity index (χ4v) is 2.58.